The number of alkyl halides is 3. The van der Waals surface area contributed by atoms with Gasteiger partial charge in [0.1, 0.15) is 16.8 Å². The molecule has 0 fully saturated rings. The number of para-hydroxylation sites is 2. The number of nitrogens with zero attached hydrogens (tertiary/aromatic N) is 9. The van der Waals surface area contributed by atoms with Crippen LogP contribution in [0, 0.1) is 0 Å². The van der Waals surface area contributed by atoms with Gasteiger partial charge in [-0.2, -0.15) is 26.6 Å². The molecule has 0 aliphatic carbocycles. The standard InChI is InChI=1S/C18H13F3N5O3S.C17H14N4O3S2.Pd/c19-18(20,21)30(27,28)25-15-11-16-12(6-8-26(16)13-4-2-1-3-5-13)10-14(15)23-24-17-22-7-9-29-17;22-26(23,24)16-11-15-12(6-8-21(15)13-4-2-1-3-5-13)10-14(16)19-20-17-18-7-9-25-17;/h1-5,7,9-11H,6,8H2;1-5,7,9-11H,6,8H2,(H,22,23,24);/q-1;;. The van der Waals surface area contributed by atoms with Gasteiger partial charge in [0.2, 0.25) is 5.13 Å². The van der Waals surface area contributed by atoms with Crippen molar-refractivity contribution < 1.29 is 59.4 Å². The van der Waals surface area contributed by atoms with E-state index in [0.717, 1.165) is 41.2 Å². The molecule has 4 aromatic carbocycles. The molecule has 0 unspecified atom stereocenters. The van der Waals surface area contributed by atoms with E-state index >= 15 is 0 Å². The Labute approximate surface area is 341 Å². The van der Waals surface area contributed by atoms with Gasteiger partial charge in [0.15, 0.2) is 10.0 Å². The number of hydrogen-bond acceptors (Lipinski definition) is 14. The fraction of sp³-hybridized carbons (Fsp3) is 0.143. The number of rotatable bonds is 9. The summed E-state index contributed by atoms with van der Waals surface area (Å²) in [6.07, 6.45) is 5.47. The minimum Gasteiger partial charge on any atom is -0.568 e. The fourth-order valence-electron chi connectivity index (χ4n) is 5.91. The number of halogens is 3. The Balaban J connectivity index is 0.000000191. The molecule has 0 bridgehead atoms. The van der Waals surface area contributed by atoms with Crippen molar-refractivity contribution in [3.05, 3.63) is 125 Å². The first-order valence-corrected chi connectivity index (χ1v) is 20.2. The van der Waals surface area contributed by atoms with Crippen molar-refractivity contribution in [2.75, 3.05) is 22.9 Å². The zero-order chi connectivity index (χ0) is 39.5. The van der Waals surface area contributed by atoms with Gasteiger partial charge in [-0.15, -0.1) is 26.7 Å². The van der Waals surface area contributed by atoms with Crippen LogP contribution in [-0.4, -0.2) is 50.0 Å². The van der Waals surface area contributed by atoms with Gasteiger partial charge in [-0.3, -0.25) is 4.55 Å². The second-order valence-electron chi connectivity index (χ2n) is 11.9. The van der Waals surface area contributed by atoms with Crippen LogP contribution in [0.2, 0.25) is 0 Å². The number of oxazole rings is 1. The summed E-state index contributed by atoms with van der Waals surface area (Å²) in [5.74, 6) is 0. The normalized spacial score (nSPS) is 14.0. The number of sulfonamides is 1. The van der Waals surface area contributed by atoms with Gasteiger partial charge >= 0.3 is 11.5 Å². The summed E-state index contributed by atoms with van der Waals surface area (Å²) in [5, 5.41) is 17.6. The molecule has 57 heavy (non-hydrogen) atoms. The van der Waals surface area contributed by atoms with Crippen LogP contribution in [0.4, 0.5) is 64.1 Å². The van der Waals surface area contributed by atoms with Crippen molar-refractivity contribution in [2.45, 2.75) is 23.2 Å². The fourth-order valence-corrected chi connectivity index (χ4v) is 7.50. The monoisotopic (exact) mass is 928 g/mol. The number of azo groups is 2. The molecule has 2 aromatic heterocycles. The molecule has 298 valence electrons. The smallest absolute Gasteiger partial charge is 0.483 e. The number of anilines is 4. The van der Waals surface area contributed by atoms with E-state index in [2.05, 4.69) is 35.1 Å². The number of fused-ring (bicyclic) bond motifs is 2. The Morgan fingerprint density at radius 3 is 1.86 bits per heavy atom. The predicted octanol–water partition coefficient (Wildman–Crippen LogP) is 10.1. The molecule has 0 saturated heterocycles. The molecule has 2 aliphatic rings. The summed E-state index contributed by atoms with van der Waals surface area (Å²) in [5.41, 5.74) is -1.26. The van der Waals surface area contributed by atoms with Crippen LogP contribution in [-0.2, 0) is 53.4 Å². The van der Waals surface area contributed by atoms with Gasteiger partial charge in [-0.05, 0) is 66.4 Å². The number of aromatic nitrogens is 2. The molecular formula is C35H27F3N9O6PdS3-. The third-order valence-electron chi connectivity index (χ3n) is 8.38. The van der Waals surface area contributed by atoms with Crippen molar-refractivity contribution in [3.63, 3.8) is 0 Å². The average molecular weight is 929 g/mol. The van der Waals surface area contributed by atoms with E-state index in [1.165, 1.54) is 42.0 Å². The van der Waals surface area contributed by atoms with E-state index in [9.17, 15) is 34.6 Å². The second-order valence-corrected chi connectivity index (χ2v) is 15.8. The van der Waals surface area contributed by atoms with Crippen molar-refractivity contribution in [3.8, 4) is 0 Å². The quantitative estimate of drug-likeness (QED) is 0.0827. The summed E-state index contributed by atoms with van der Waals surface area (Å²) in [7, 11) is -10.2. The summed E-state index contributed by atoms with van der Waals surface area (Å²) in [6.45, 7) is 1.28. The van der Waals surface area contributed by atoms with Crippen molar-refractivity contribution in [1.82, 2.24) is 9.97 Å². The van der Waals surface area contributed by atoms with Gasteiger partial charge in [0.05, 0.1) is 11.9 Å². The zero-order valence-electron chi connectivity index (χ0n) is 28.9. The van der Waals surface area contributed by atoms with Crippen molar-refractivity contribution >= 4 is 82.4 Å². The zero-order valence-corrected chi connectivity index (χ0v) is 32.9. The van der Waals surface area contributed by atoms with Gasteiger partial charge < -0.3 is 18.9 Å². The van der Waals surface area contributed by atoms with Crippen molar-refractivity contribution in [1.29, 1.82) is 0 Å². The van der Waals surface area contributed by atoms with E-state index in [1.54, 1.807) is 17.6 Å². The van der Waals surface area contributed by atoms with Crippen LogP contribution in [0.1, 0.15) is 11.1 Å². The molecule has 0 saturated carbocycles. The van der Waals surface area contributed by atoms with Crippen LogP contribution in [0.15, 0.2) is 139 Å². The Bertz CT molecular complexity index is 2620. The Kier molecular flexibility index (Phi) is 12.3. The molecule has 0 atom stereocenters. The molecule has 8 rings (SSSR count). The topological polar surface area (TPSA) is 197 Å². The molecule has 2 aliphatic heterocycles. The van der Waals surface area contributed by atoms with Crippen LogP contribution in [0.5, 0.6) is 0 Å². The summed E-state index contributed by atoms with van der Waals surface area (Å²) >= 11 is 1.29. The van der Waals surface area contributed by atoms with Gasteiger partial charge in [0.25, 0.3) is 10.1 Å². The third-order valence-corrected chi connectivity index (χ3v) is 10.9. The van der Waals surface area contributed by atoms with E-state index < -0.39 is 31.3 Å². The minimum atomic E-state index is -5.78. The first-order valence-electron chi connectivity index (χ1n) is 16.4. The van der Waals surface area contributed by atoms with Crippen LogP contribution < -0.4 is 9.80 Å². The van der Waals surface area contributed by atoms with E-state index in [1.807, 2.05) is 70.5 Å². The van der Waals surface area contributed by atoms with Crippen LogP contribution in [0.25, 0.3) is 4.72 Å². The molecule has 15 nitrogen and oxygen atoms in total. The van der Waals surface area contributed by atoms with Crippen LogP contribution in [0.3, 0.4) is 0 Å². The molecule has 0 amide bonds. The molecule has 4 heterocycles. The number of hydrogen-bond donors (Lipinski definition) is 1. The maximum absolute atomic E-state index is 12.9. The predicted molar refractivity (Wildman–Crippen MR) is 202 cm³/mol. The molecule has 22 heteroatoms. The average Bonchev–Trinajstić information content (AvgIpc) is 4.01. The maximum Gasteiger partial charge on any atom is 0.483 e. The first kappa shape index (κ1) is 41.3. The van der Waals surface area contributed by atoms with E-state index in [-0.39, 0.29) is 42.7 Å². The third kappa shape index (κ3) is 9.44. The SMILES string of the molecule is O=S(=O)(O)c1cc2c(cc1N=Nc1nccs1)CCN2c1ccccc1.O=S(=O)([N-]c1cc2c(cc1N=Nc1ncco1)CCN2c1ccccc1)C(F)(F)F.[Pd]. The molecule has 1 N–H and O–H groups in total. The molecule has 0 spiro atoms. The van der Waals surface area contributed by atoms with Gasteiger partial charge in [-0.25, -0.2) is 13.4 Å². The maximum atomic E-state index is 12.9. The second kappa shape index (κ2) is 17.0. The summed E-state index contributed by atoms with van der Waals surface area (Å²) < 4.78 is 103. The van der Waals surface area contributed by atoms with E-state index in [4.69, 9.17) is 4.42 Å². The number of thiazole rings is 1. The summed E-state index contributed by atoms with van der Waals surface area (Å²) in [6, 6.07) is 24.6. The van der Waals surface area contributed by atoms with Gasteiger partial charge in [0, 0.05) is 67.8 Å². The molecule has 0 radical (unpaired) electrons. The van der Waals surface area contributed by atoms with Gasteiger partial charge in [-0.1, -0.05) is 53.3 Å². The Morgan fingerprint density at radius 2 is 1.33 bits per heavy atom. The van der Waals surface area contributed by atoms with Crippen LogP contribution >= 0.6 is 11.3 Å². The largest absolute Gasteiger partial charge is 0.568 e. The molecular weight excluding hydrogens is 902 g/mol. The Morgan fingerprint density at radius 1 is 0.754 bits per heavy atom. The number of benzene rings is 4. The van der Waals surface area contributed by atoms with E-state index in [0.29, 0.717) is 23.8 Å². The summed E-state index contributed by atoms with van der Waals surface area (Å²) in [4.78, 5) is 11.3. The molecule has 6 aromatic rings. The Hall–Kier alpha value is -5.37. The first-order chi connectivity index (χ1) is 26.8. The van der Waals surface area contributed by atoms with Crippen molar-refractivity contribution in [2.24, 2.45) is 20.5 Å². The minimum absolute atomic E-state index is 0.